The number of nitrogens with two attached hydrogens (primary N) is 1. The predicted molar refractivity (Wildman–Crippen MR) is 73.1 cm³/mol. The number of anilines is 1. The van der Waals surface area contributed by atoms with E-state index in [0.717, 1.165) is 0 Å². The second kappa shape index (κ2) is 5.80. The minimum atomic E-state index is -0.428. The van der Waals surface area contributed by atoms with Gasteiger partial charge in [0.05, 0.1) is 12.1 Å². The lowest BCUT2D eigenvalue weighted by atomic mass is 10.2. The molecule has 2 aromatic rings. The van der Waals surface area contributed by atoms with Gasteiger partial charge in [0.1, 0.15) is 12.4 Å². The van der Waals surface area contributed by atoms with Crippen LogP contribution in [0.1, 0.15) is 5.56 Å². The summed E-state index contributed by atoms with van der Waals surface area (Å²) in [6, 6.07) is 9.60. The standard InChI is InChI=1S/C14H13ClFNO2/c1-18-13-5-2-9(6-12(13)16)8-19-14-7-10(17)3-4-11(14)15/h2-7H,8,17H2,1H3. The van der Waals surface area contributed by atoms with Gasteiger partial charge in [0.25, 0.3) is 0 Å². The molecule has 0 bridgehead atoms. The highest BCUT2D eigenvalue weighted by Crippen LogP contribution is 2.27. The van der Waals surface area contributed by atoms with Gasteiger partial charge in [-0.15, -0.1) is 0 Å². The molecule has 2 rings (SSSR count). The van der Waals surface area contributed by atoms with E-state index in [0.29, 0.717) is 22.0 Å². The van der Waals surface area contributed by atoms with E-state index in [2.05, 4.69) is 0 Å². The van der Waals surface area contributed by atoms with Crippen LogP contribution in [0.2, 0.25) is 5.02 Å². The van der Waals surface area contributed by atoms with Crippen molar-refractivity contribution in [2.24, 2.45) is 0 Å². The summed E-state index contributed by atoms with van der Waals surface area (Å²) in [4.78, 5) is 0. The zero-order valence-electron chi connectivity index (χ0n) is 10.3. The van der Waals surface area contributed by atoms with Crippen LogP contribution in [0.15, 0.2) is 36.4 Å². The van der Waals surface area contributed by atoms with Gasteiger partial charge in [0, 0.05) is 11.8 Å². The van der Waals surface area contributed by atoms with Crippen molar-refractivity contribution in [1.29, 1.82) is 0 Å². The minimum absolute atomic E-state index is 0.198. The molecule has 0 atom stereocenters. The summed E-state index contributed by atoms with van der Waals surface area (Å²) in [5, 5.41) is 0.461. The second-order valence-electron chi connectivity index (χ2n) is 3.95. The molecule has 0 unspecified atom stereocenters. The number of methoxy groups -OCH3 is 1. The van der Waals surface area contributed by atoms with Crippen LogP contribution < -0.4 is 15.2 Å². The topological polar surface area (TPSA) is 44.5 Å². The first kappa shape index (κ1) is 13.5. The molecule has 0 spiro atoms. The van der Waals surface area contributed by atoms with Crippen molar-refractivity contribution in [3.8, 4) is 11.5 Å². The zero-order valence-corrected chi connectivity index (χ0v) is 11.1. The van der Waals surface area contributed by atoms with Gasteiger partial charge in [-0.3, -0.25) is 0 Å². The van der Waals surface area contributed by atoms with E-state index in [4.69, 9.17) is 26.8 Å². The average Bonchev–Trinajstić information content (AvgIpc) is 2.40. The maximum Gasteiger partial charge on any atom is 0.165 e. The maximum atomic E-state index is 13.5. The van der Waals surface area contributed by atoms with Crippen LogP contribution >= 0.6 is 11.6 Å². The molecule has 0 saturated carbocycles. The van der Waals surface area contributed by atoms with Gasteiger partial charge in [-0.1, -0.05) is 17.7 Å². The van der Waals surface area contributed by atoms with E-state index in [9.17, 15) is 4.39 Å². The Hall–Kier alpha value is -1.94. The highest BCUT2D eigenvalue weighted by molar-refractivity contribution is 6.32. The smallest absolute Gasteiger partial charge is 0.165 e. The number of hydrogen-bond donors (Lipinski definition) is 1. The Balaban J connectivity index is 2.10. The number of halogens is 2. The summed E-state index contributed by atoms with van der Waals surface area (Å²) >= 11 is 5.97. The quantitative estimate of drug-likeness (QED) is 0.870. The van der Waals surface area contributed by atoms with Crippen molar-refractivity contribution in [1.82, 2.24) is 0 Å². The lowest BCUT2D eigenvalue weighted by Gasteiger charge is -2.09. The Morgan fingerprint density at radius 2 is 1.95 bits per heavy atom. The molecule has 0 aliphatic heterocycles. The minimum Gasteiger partial charge on any atom is -0.494 e. The third kappa shape index (κ3) is 3.29. The molecule has 5 heteroatoms. The lowest BCUT2D eigenvalue weighted by molar-refractivity contribution is 0.305. The molecule has 0 amide bonds. The molecule has 0 fully saturated rings. The molecule has 0 aliphatic rings. The van der Waals surface area contributed by atoms with Crippen LogP contribution in [0.4, 0.5) is 10.1 Å². The lowest BCUT2D eigenvalue weighted by Crippen LogP contribution is -1.98. The summed E-state index contributed by atoms with van der Waals surface area (Å²) in [6.07, 6.45) is 0. The Morgan fingerprint density at radius 3 is 2.63 bits per heavy atom. The number of benzene rings is 2. The normalized spacial score (nSPS) is 10.3. The average molecular weight is 282 g/mol. The van der Waals surface area contributed by atoms with E-state index >= 15 is 0 Å². The second-order valence-corrected chi connectivity index (χ2v) is 4.35. The predicted octanol–water partition coefficient (Wildman–Crippen LogP) is 3.65. The Labute approximate surface area is 115 Å². The Kier molecular flexibility index (Phi) is 4.12. The van der Waals surface area contributed by atoms with Gasteiger partial charge >= 0.3 is 0 Å². The fourth-order valence-electron chi connectivity index (χ4n) is 1.59. The molecule has 3 nitrogen and oxygen atoms in total. The molecule has 0 aromatic heterocycles. The molecule has 19 heavy (non-hydrogen) atoms. The molecule has 0 saturated heterocycles. The molecule has 100 valence electrons. The van der Waals surface area contributed by atoms with Gasteiger partial charge in [0.15, 0.2) is 11.6 Å². The molecular formula is C14H13ClFNO2. The largest absolute Gasteiger partial charge is 0.494 e. The molecule has 2 aromatic carbocycles. The van der Waals surface area contributed by atoms with Crippen molar-refractivity contribution < 1.29 is 13.9 Å². The summed E-state index contributed by atoms with van der Waals surface area (Å²) in [7, 11) is 1.42. The summed E-state index contributed by atoms with van der Waals surface area (Å²) < 4.78 is 23.8. The van der Waals surface area contributed by atoms with Gasteiger partial charge in [-0.05, 0) is 29.8 Å². The van der Waals surface area contributed by atoms with Gasteiger partial charge in [-0.25, -0.2) is 4.39 Å². The van der Waals surface area contributed by atoms with Crippen molar-refractivity contribution in [3.05, 3.63) is 52.8 Å². The summed E-state index contributed by atoms with van der Waals surface area (Å²) in [5.41, 5.74) is 6.88. The van der Waals surface area contributed by atoms with E-state index in [-0.39, 0.29) is 12.4 Å². The van der Waals surface area contributed by atoms with Gasteiger partial charge in [-0.2, -0.15) is 0 Å². The molecule has 2 N–H and O–H groups in total. The number of ether oxygens (including phenoxy) is 2. The SMILES string of the molecule is COc1ccc(COc2cc(N)ccc2Cl)cc1F. The third-order valence-electron chi connectivity index (χ3n) is 2.57. The van der Waals surface area contributed by atoms with E-state index < -0.39 is 5.82 Å². The fourth-order valence-corrected chi connectivity index (χ4v) is 1.76. The first-order chi connectivity index (χ1) is 9.10. The molecular weight excluding hydrogens is 269 g/mol. The first-order valence-corrected chi connectivity index (χ1v) is 5.98. The Bertz CT molecular complexity index is 590. The van der Waals surface area contributed by atoms with E-state index in [1.165, 1.54) is 13.2 Å². The van der Waals surface area contributed by atoms with E-state index in [1.54, 1.807) is 30.3 Å². The molecule has 0 heterocycles. The Morgan fingerprint density at radius 1 is 1.16 bits per heavy atom. The summed E-state index contributed by atoms with van der Waals surface area (Å²) in [5.74, 6) is 0.242. The van der Waals surface area contributed by atoms with Crippen LogP contribution in [0, 0.1) is 5.82 Å². The van der Waals surface area contributed by atoms with Crippen molar-refractivity contribution in [2.45, 2.75) is 6.61 Å². The van der Waals surface area contributed by atoms with Crippen molar-refractivity contribution in [2.75, 3.05) is 12.8 Å². The molecule has 0 aliphatic carbocycles. The number of nitrogen functional groups attached to an aromatic ring is 1. The summed E-state index contributed by atoms with van der Waals surface area (Å²) in [6.45, 7) is 0.198. The van der Waals surface area contributed by atoms with Gasteiger partial charge < -0.3 is 15.2 Å². The maximum absolute atomic E-state index is 13.5. The van der Waals surface area contributed by atoms with Crippen molar-refractivity contribution in [3.63, 3.8) is 0 Å². The number of rotatable bonds is 4. The molecule has 0 radical (unpaired) electrons. The monoisotopic (exact) mass is 281 g/mol. The highest BCUT2D eigenvalue weighted by Gasteiger charge is 2.06. The fraction of sp³-hybridized carbons (Fsp3) is 0.143. The zero-order chi connectivity index (χ0) is 13.8. The van der Waals surface area contributed by atoms with E-state index in [1.807, 2.05) is 0 Å². The third-order valence-corrected chi connectivity index (χ3v) is 2.88. The van der Waals surface area contributed by atoms with Crippen LogP contribution in [-0.4, -0.2) is 7.11 Å². The van der Waals surface area contributed by atoms with Crippen molar-refractivity contribution >= 4 is 17.3 Å². The van der Waals surface area contributed by atoms with Crippen LogP contribution in [0.25, 0.3) is 0 Å². The van der Waals surface area contributed by atoms with Crippen LogP contribution in [0.5, 0.6) is 11.5 Å². The number of hydrogen-bond acceptors (Lipinski definition) is 3. The van der Waals surface area contributed by atoms with Crippen LogP contribution in [-0.2, 0) is 6.61 Å². The van der Waals surface area contributed by atoms with Crippen LogP contribution in [0.3, 0.4) is 0 Å². The first-order valence-electron chi connectivity index (χ1n) is 5.60. The van der Waals surface area contributed by atoms with Gasteiger partial charge in [0.2, 0.25) is 0 Å². The highest BCUT2D eigenvalue weighted by atomic mass is 35.5.